The van der Waals surface area contributed by atoms with Gasteiger partial charge < -0.3 is 9.15 Å². The molecule has 0 saturated carbocycles. The number of nitrogens with zero attached hydrogens (tertiary/aromatic N) is 2. The van der Waals surface area contributed by atoms with Gasteiger partial charge in [-0.05, 0) is 52.3 Å². The second-order valence-corrected chi connectivity index (χ2v) is 6.22. The molecular formula is C17H11BrN2O2S. The molecule has 6 heteroatoms. The first-order chi connectivity index (χ1) is 11.2. The molecule has 0 atom stereocenters. The molecule has 0 spiro atoms. The summed E-state index contributed by atoms with van der Waals surface area (Å²) in [7, 11) is 1.63. The summed E-state index contributed by atoms with van der Waals surface area (Å²) < 4.78 is 11.2. The van der Waals surface area contributed by atoms with Crippen LogP contribution in [0.1, 0.15) is 10.8 Å². The van der Waals surface area contributed by atoms with Gasteiger partial charge in [0.1, 0.15) is 22.6 Å². The molecule has 23 heavy (non-hydrogen) atoms. The lowest BCUT2D eigenvalue weighted by Crippen LogP contribution is -1.84. The molecule has 3 aromatic rings. The zero-order valence-corrected chi connectivity index (χ0v) is 14.5. The highest BCUT2D eigenvalue weighted by Crippen LogP contribution is 2.28. The van der Waals surface area contributed by atoms with E-state index in [2.05, 4.69) is 27.0 Å². The highest BCUT2D eigenvalue weighted by atomic mass is 79.9. The minimum Gasteiger partial charge on any atom is -0.497 e. The predicted molar refractivity (Wildman–Crippen MR) is 94.0 cm³/mol. The first-order valence-electron chi connectivity index (χ1n) is 6.67. The van der Waals surface area contributed by atoms with Gasteiger partial charge in [0, 0.05) is 17.0 Å². The van der Waals surface area contributed by atoms with Gasteiger partial charge >= 0.3 is 0 Å². The highest BCUT2D eigenvalue weighted by molar-refractivity contribution is 9.10. The topological polar surface area (TPSA) is 59.0 Å². The van der Waals surface area contributed by atoms with Crippen LogP contribution < -0.4 is 4.74 Å². The van der Waals surface area contributed by atoms with Crippen LogP contribution in [0.4, 0.5) is 0 Å². The number of thiazole rings is 1. The van der Waals surface area contributed by atoms with Crippen LogP contribution in [0.15, 0.2) is 50.9 Å². The summed E-state index contributed by atoms with van der Waals surface area (Å²) in [4.78, 5) is 4.54. The van der Waals surface area contributed by atoms with Gasteiger partial charge in [-0.15, -0.1) is 11.3 Å². The van der Waals surface area contributed by atoms with E-state index in [1.165, 1.54) is 11.3 Å². The average molecular weight is 387 g/mol. The zero-order valence-electron chi connectivity index (χ0n) is 12.1. The Hall–Kier alpha value is -2.36. The standard InChI is InChI=1S/C17H11BrN2O2S/c1-21-13-4-2-11(3-5-13)15-10-23-17(20-15)12(9-19)8-14-6-7-16(18)22-14/h2-8,10H,1H3. The van der Waals surface area contributed by atoms with Crippen LogP contribution in [0.2, 0.25) is 0 Å². The van der Waals surface area contributed by atoms with Gasteiger partial charge in [0.2, 0.25) is 0 Å². The monoisotopic (exact) mass is 386 g/mol. The Morgan fingerprint density at radius 1 is 1.30 bits per heavy atom. The van der Waals surface area contributed by atoms with Gasteiger partial charge in [-0.3, -0.25) is 0 Å². The van der Waals surface area contributed by atoms with Gasteiger partial charge in [-0.25, -0.2) is 4.98 Å². The molecule has 0 aliphatic carbocycles. The predicted octanol–water partition coefficient (Wildman–Crippen LogP) is 5.24. The molecule has 4 nitrogen and oxygen atoms in total. The third-order valence-corrected chi connectivity index (χ3v) is 4.42. The molecule has 0 N–H and O–H groups in total. The van der Waals surface area contributed by atoms with E-state index in [9.17, 15) is 5.26 Å². The molecule has 0 saturated heterocycles. The molecule has 0 fully saturated rings. The molecule has 0 radical (unpaired) electrons. The van der Waals surface area contributed by atoms with Crippen LogP contribution in [0.3, 0.4) is 0 Å². The minimum absolute atomic E-state index is 0.469. The molecule has 3 rings (SSSR count). The number of allylic oxidation sites excluding steroid dienone is 1. The van der Waals surface area contributed by atoms with Crippen molar-refractivity contribution in [2.45, 2.75) is 0 Å². The smallest absolute Gasteiger partial charge is 0.169 e. The molecule has 114 valence electrons. The number of benzene rings is 1. The number of aromatic nitrogens is 1. The van der Waals surface area contributed by atoms with Crippen molar-refractivity contribution in [2.75, 3.05) is 7.11 Å². The first-order valence-corrected chi connectivity index (χ1v) is 8.34. The summed E-state index contributed by atoms with van der Waals surface area (Å²) in [6.07, 6.45) is 1.68. The number of nitriles is 1. The number of rotatable bonds is 4. The third-order valence-electron chi connectivity index (χ3n) is 3.12. The van der Waals surface area contributed by atoms with Crippen LogP contribution in [-0.2, 0) is 0 Å². The molecular weight excluding hydrogens is 376 g/mol. The quantitative estimate of drug-likeness (QED) is 0.575. The number of halogens is 1. The maximum atomic E-state index is 9.37. The van der Waals surface area contributed by atoms with Crippen LogP contribution in [0, 0.1) is 11.3 Å². The molecule has 2 aromatic heterocycles. The second kappa shape index (κ2) is 6.82. The van der Waals surface area contributed by atoms with Gasteiger partial charge in [0.25, 0.3) is 0 Å². The van der Waals surface area contributed by atoms with E-state index < -0.39 is 0 Å². The zero-order chi connectivity index (χ0) is 16.2. The van der Waals surface area contributed by atoms with Crippen molar-refractivity contribution in [1.82, 2.24) is 4.98 Å². The summed E-state index contributed by atoms with van der Waals surface area (Å²) in [5.74, 6) is 1.40. The van der Waals surface area contributed by atoms with Gasteiger partial charge in [-0.2, -0.15) is 5.26 Å². The largest absolute Gasteiger partial charge is 0.497 e. The Kier molecular flexibility index (Phi) is 4.60. The van der Waals surface area contributed by atoms with E-state index >= 15 is 0 Å². The fourth-order valence-corrected chi connectivity index (χ4v) is 3.10. The van der Waals surface area contributed by atoms with Gasteiger partial charge in [0.05, 0.1) is 18.4 Å². The summed E-state index contributed by atoms with van der Waals surface area (Å²) in [5.41, 5.74) is 2.28. The maximum Gasteiger partial charge on any atom is 0.169 e. The Bertz CT molecular complexity index is 888. The number of hydrogen-bond donors (Lipinski definition) is 0. The van der Waals surface area contributed by atoms with Gasteiger partial charge in [0.15, 0.2) is 4.67 Å². The number of hydrogen-bond acceptors (Lipinski definition) is 5. The normalized spacial score (nSPS) is 11.3. The number of methoxy groups -OCH3 is 1. The van der Waals surface area contributed by atoms with Crippen molar-refractivity contribution in [3.8, 4) is 23.1 Å². The molecule has 0 aliphatic heterocycles. The molecule has 1 aromatic carbocycles. The summed E-state index contributed by atoms with van der Waals surface area (Å²) in [6, 6.07) is 13.4. The van der Waals surface area contributed by atoms with E-state index in [0.29, 0.717) is 21.0 Å². The maximum absolute atomic E-state index is 9.37. The molecule has 0 unspecified atom stereocenters. The van der Waals surface area contributed by atoms with Crippen molar-refractivity contribution in [3.63, 3.8) is 0 Å². The molecule has 0 aliphatic rings. The lowest BCUT2D eigenvalue weighted by Gasteiger charge is -2.00. The third kappa shape index (κ3) is 3.52. The van der Waals surface area contributed by atoms with E-state index in [4.69, 9.17) is 9.15 Å². The van der Waals surface area contributed by atoms with Crippen molar-refractivity contribution >= 4 is 38.9 Å². The average Bonchev–Trinajstić information content (AvgIpc) is 3.22. The van der Waals surface area contributed by atoms with E-state index in [-0.39, 0.29) is 0 Å². The Balaban J connectivity index is 1.90. The van der Waals surface area contributed by atoms with Crippen LogP contribution in [0.5, 0.6) is 5.75 Å². The Morgan fingerprint density at radius 2 is 2.09 bits per heavy atom. The minimum atomic E-state index is 0.469. The highest BCUT2D eigenvalue weighted by Gasteiger charge is 2.10. The van der Waals surface area contributed by atoms with Crippen LogP contribution in [0.25, 0.3) is 22.9 Å². The van der Waals surface area contributed by atoms with E-state index in [0.717, 1.165) is 17.0 Å². The Labute approximate surface area is 145 Å². The summed E-state index contributed by atoms with van der Waals surface area (Å²) in [5, 5.41) is 12.0. The molecule has 2 heterocycles. The molecule has 0 bridgehead atoms. The SMILES string of the molecule is COc1ccc(-c2csc(C(C#N)=Cc3ccc(Br)o3)n2)cc1. The van der Waals surface area contributed by atoms with Crippen molar-refractivity contribution in [3.05, 3.63) is 57.2 Å². The summed E-state index contributed by atoms with van der Waals surface area (Å²) in [6.45, 7) is 0. The second-order valence-electron chi connectivity index (χ2n) is 4.58. The fraction of sp³-hybridized carbons (Fsp3) is 0.0588. The van der Waals surface area contributed by atoms with Crippen LogP contribution in [-0.4, -0.2) is 12.1 Å². The number of ether oxygens (including phenoxy) is 1. The first kappa shape index (κ1) is 15.5. The lowest BCUT2D eigenvalue weighted by molar-refractivity contribution is 0.415. The van der Waals surface area contributed by atoms with Gasteiger partial charge in [-0.1, -0.05) is 0 Å². The molecule has 0 amide bonds. The van der Waals surface area contributed by atoms with E-state index in [1.807, 2.05) is 29.6 Å². The fourth-order valence-electron chi connectivity index (χ4n) is 1.98. The summed E-state index contributed by atoms with van der Waals surface area (Å²) >= 11 is 4.67. The lowest BCUT2D eigenvalue weighted by atomic mass is 10.1. The number of furan rings is 1. The van der Waals surface area contributed by atoms with Crippen LogP contribution >= 0.6 is 27.3 Å². The Morgan fingerprint density at radius 3 is 2.70 bits per heavy atom. The van der Waals surface area contributed by atoms with Crippen molar-refractivity contribution < 1.29 is 9.15 Å². The van der Waals surface area contributed by atoms with Crippen molar-refractivity contribution in [2.24, 2.45) is 0 Å². The van der Waals surface area contributed by atoms with E-state index in [1.54, 1.807) is 25.3 Å². The van der Waals surface area contributed by atoms with Crippen molar-refractivity contribution in [1.29, 1.82) is 5.26 Å².